The Morgan fingerprint density at radius 3 is 1.39 bits per heavy atom. The zero-order valence-corrected chi connectivity index (χ0v) is 72.5. The lowest BCUT2D eigenvalue weighted by Gasteiger charge is -2.18. The number of esters is 1. The van der Waals surface area contributed by atoms with Gasteiger partial charge in [0.15, 0.2) is 11.6 Å². The minimum absolute atomic E-state index is 0.0827. The van der Waals surface area contributed by atoms with Gasteiger partial charge in [-0.05, 0) is 236 Å². The number of hydrogen-bond donors (Lipinski definition) is 5. The highest BCUT2D eigenvalue weighted by molar-refractivity contribution is 6.30. The van der Waals surface area contributed by atoms with Crippen molar-refractivity contribution in [2.24, 2.45) is 5.73 Å². The number of aryl methyl sites for hydroxylation is 12. The van der Waals surface area contributed by atoms with E-state index in [9.17, 15) is 24.0 Å². The third-order valence-corrected chi connectivity index (χ3v) is 17.1. The van der Waals surface area contributed by atoms with Crippen LogP contribution in [0.15, 0.2) is 276 Å². The van der Waals surface area contributed by atoms with E-state index in [0.29, 0.717) is 51.9 Å². The molecule has 2 aromatic heterocycles. The summed E-state index contributed by atoms with van der Waals surface area (Å²) >= 11 is 5.64. The number of hydrogen-bond acceptors (Lipinski definition) is 18. The van der Waals surface area contributed by atoms with Gasteiger partial charge in [0.05, 0.1) is 32.0 Å². The summed E-state index contributed by atoms with van der Waals surface area (Å²) in [5.74, 6) is 3.91. The first kappa shape index (κ1) is 98.6. The molecule has 628 valence electrons. The van der Waals surface area contributed by atoms with Crippen molar-refractivity contribution in [3.63, 3.8) is 0 Å². The lowest BCUT2D eigenvalue weighted by Crippen LogP contribution is -2.15. The van der Waals surface area contributed by atoms with Crippen molar-refractivity contribution in [2.75, 3.05) is 38.0 Å². The number of anilines is 3. The number of halogens is 1. The number of para-hydroxylation sites is 1. The zero-order valence-electron chi connectivity index (χ0n) is 71.7. The molecule has 1 unspecified atom stereocenters. The number of benzene rings is 11. The summed E-state index contributed by atoms with van der Waals surface area (Å²) in [6.45, 7) is 28.7. The number of rotatable bonds is 12. The second-order valence-corrected chi connectivity index (χ2v) is 28.1. The van der Waals surface area contributed by atoms with Gasteiger partial charge >= 0.3 is 11.9 Å². The summed E-state index contributed by atoms with van der Waals surface area (Å²) in [5.41, 5.74) is 39.8. The summed E-state index contributed by atoms with van der Waals surface area (Å²) < 4.78 is 30.6. The number of ketones is 2. The number of nitrogens with two attached hydrogens (primary N) is 4. The Hall–Kier alpha value is -13.7. The SMILES string of the molecule is CC(C)=O.CCOC(=O)c1cccc(C)c1.COc1ccc(C)c(N)c1.COc1ccccc1C.Cc1ccc(-c2nc(C)no2)cc1.Cc1ccc(-c2noc(C)n2)cc1.Cc1ccc(C(=O)O)cc1N.Cc1ccc(Cl)cc1N.Cc1ccc(OC2C=CCCC2)cc1.Cc1cccc(C(=O)c2ccccc2)c1.Cc1cccc(C(N)=O)c1. The number of Topliss-reactive ketones (excluding diaryl/α,β-unsaturated/α-hetero) is 1. The maximum absolute atomic E-state index is 12.0. The number of allylic oxidation sites excluding steroid dienone is 1. The summed E-state index contributed by atoms with van der Waals surface area (Å²) in [6.07, 6.45) is 8.25. The Morgan fingerprint density at radius 1 is 0.467 bits per heavy atom. The van der Waals surface area contributed by atoms with Gasteiger partial charge in [-0.3, -0.25) is 9.59 Å². The molecule has 2 heterocycles. The molecule has 0 saturated carbocycles. The highest BCUT2D eigenvalue weighted by Gasteiger charge is 2.12. The van der Waals surface area contributed by atoms with Crippen molar-refractivity contribution in [3.05, 3.63) is 367 Å². The van der Waals surface area contributed by atoms with Gasteiger partial charge < -0.3 is 60.8 Å². The van der Waals surface area contributed by atoms with E-state index >= 15 is 0 Å². The molecule has 0 aliphatic heterocycles. The Bertz CT molecular complexity index is 5230. The van der Waals surface area contributed by atoms with Crippen LogP contribution in [0.5, 0.6) is 17.2 Å². The summed E-state index contributed by atoms with van der Waals surface area (Å²) in [5, 5.41) is 16.8. The monoisotopic (exact) mass is 1640 g/mol. The minimum Gasteiger partial charge on any atom is -0.497 e. The predicted molar refractivity (Wildman–Crippen MR) is 484 cm³/mol. The van der Waals surface area contributed by atoms with Crippen molar-refractivity contribution in [3.8, 4) is 40.1 Å². The lowest BCUT2D eigenvalue weighted by atomic mass is 10.0. The molecule has 1 amide bonds. The van der Waals surface area contributed by atoms with Gasteiger partial charge in [0.25, 0.3) is 5.89 Å². The first-order valence-corrected chi connectivity index (χ1v) is 39.1. The van der Waals surface area contributed by atoms with Crippen LogP contribution in [0, 0.1) is 83.1 Å². The fourth-order valence-electron chi connectivity index (χ4n) is 10.1. The zero-order chi connectivity index (χ0) is 88.6. The molecule has 1 atom stereocenters. The highest BCUT2D eigenvalue weighted by atomic mass is 35.5. The average Bonchev–Trinajstić information content (AvgIpc) is 1.39. The van der Waals surface area contributed by atoms with Crippen LogP contribution < -0.4 is 37.1 Å². The molecule has 9 N–H and O–H groups in total. The summed E-state index contributed by atoms with van der Waals surface area (Å²) in [6, 6.07) is 79.6. The molecule has 13 aromatic rings. The van der Waals surface area contributed by atoms with Crippen LogP contribution in [0.4, 0.5) is 17.1 Å². The molecule has 21 heteroatoms. The summed E-state index contributed by atoms with van der Waals surface area (Å²) in [7, 11) is 3.31. The molecule has 0 bridgehead atoms. The number of amides is 1. The van der Waals surface area contributed by atoms with Crippen LogP contribution in [0.2, 0.25) is 5.02 Å². The van der Waals surface area contributed by atoms with E-state index in [1.165, 1.54) is 61.1 Å². The number of methoxy groups -OCH3 is 2. The molecule has 1 aliphatic carbocycles. The normalized spacial score (nSPS) is 10.9. The molecule has 1 aliphatic rings. The highest BCUT2D eigenvalue weighted by Crippen LogP contribution is 2.23. The average molecular weight is 1640 g/mol. The van der Waals surface area contributed by atoms with Gasteiger partial charge in [-0.2, -0.15) is 9.97 Å². The van der Waals surface area contributed by atoms with Crippen molar-refractivity contribution >= 4 is 58.1 Å². The van der Waals surface area contributed by atoms with E-state index in [-0.39, 0.29) is 35.1 Å². The lowest BCUT2D eigenvalue weighted by molar-refractivity contribution is -0.115. The van der Waals surface area contributed by atoms with Gasteiger partial charge in [-0.25, -0.2) is 9.59 Å². The van der Waals surface area contributed by atoms with Gasteiger partial charge in [-0.15, -0.1) is 0 Å². The van der Waals surface area contributed by atoms with Gasteiger partial charge in [0.1, 0.15) is 29.1 Å². The first-order chi connectivity index (χ1) is 57.2. The third-order valence-electron chi connectivity index (χ3n) is 16.9. The predicted octanol–water partition coefficient (Wildman–Crippen LogP) is 22.4. The molecule has 0 saturated heterocycles. The molecule has 20 nitrogen and oxygen atoms in total. The van der Waals surface area contributed by atoms with Crippen molar-refractivity contribution < 1.29 is 57.1 Å². The Kier molecular flexibility index (Phi) is 44.0. The Balaban J connectivity index is 0.000000280. The van der Waals surface area contributed by atoms with Crippen LogP contribution in [0.3, 0.4) is 0 Å². The summed E-state index contributed by atoms with van der Waals surface area (Å²) in [4.78, 5) is 61.9. The smallest absolute Gasteiger partial charge is 0.338 e. The molecule has 0 radical (unpaired) electrons. The third kappa shape index (κ3) is 38.8. The quantitative estimate of drug-likeness (QED) is 0.0328. The number of primary amides is 1. The maximum Gasteiger partial charge on any atom is 0.338 e. The number of carboxylic acids is 1. The maximum atomic E-state index is 12.0. The minimum atomic E-state index is -0.947. The molecular formula is C99H113ClN8O12. The fraction of sp³-hybridized carbons (Fsp3) is 0.222. The van der Waals surface area contributed by atoms with E-state index in [0.717, 1.165) is 90.7 Å². The molecule has 0 spiro atoms. The second-order valence-electron chi connectivity index (χ2n) is 27.7. The van der Waals surface area contributed by atoms with E-state index < -0.39 is 5.97 Å². The van der Waals surface area contributed by atoms with Crippen LogP contribution in [0.25, 0.3) is 22.8 Å². The molecule has 0 fully saturated rings. The molecule has 11 aromatic carbocycles. The first-order valence-electron chi connectivity index (χ1n) is 38.7. The van der Waals surface area contributed by atoms with E-state index in [1.807, 2.05) is 263 Å². The number of carbonyl (C=O) groups is 5. The topological polar surface area (TPSA) is 324 Å². The van der Waals surface area contributed by atoms with Crippen LogP contribution in [-0.4, -0.2) is 81.7 Å². The number of carbonyl (C=O) groups excluding carboxylic acids is 4. The van der Waals surface area contributed by atoms with Crippen LogP contribution in [-0.2, 0) is 9.53 Å². The van der Waals surface area contributed by atoms with Crippen LogP contribution in [0.1, 0.15) is 154 Å². The fourth-order valence-corrected chi connectivity index (χ4v) is 10.3. The number of carboxylic acid groups (broad SMARTS) is 1. The Morgan fingerprint density at radius 2 is 0.950 bits per heavy atom. The van der Waals surface area contributed by atoms with E-state index in [2.05, 4.69) is 51.5 Å². The number of nitrogen functional groups attached to an aromatic ring is 3. The van der Waals surface area contributed by atoms with Gasteiger partial charge in [0.2, 0.25) is 17.6 Å². The Labute approximate surface area is 711 Å². The van der Waals surface area contributed by atoms with E-state index in [1.54, 1.807) is 65.3 Å². The van der Waals surface area contributed by atoms with Crippen molar-refractivity contribution in [2.45, 2.75) is 129 Å². The number of ether oxygens (including phenoxy) is 4. The molecule has 120 heavy (non-hydrogen) atoms. The van der Waals surface area contributed by atoms with Gasteiger partial charge in [-0.1, -0.05) is 219 Å². The van der Waals surface area contributed by atoms with Crippen LogP contribution >= 0.6 is 11.6 Å². The second kappa shape index (κ2) is 53.5. The molecule has 14 rings (SSSR count). The number of nitrogens with zero attached hydrogens (tertiary/aromatic N) is 4. The standard InChI is InChI=1S/C14H12O.C13H16O.2C10H10N2O.C10H12O2.C8H9NO2.C8H11NO.C8H9NO.C8H10O.C7H8ClN.C3H6O/c1-11-6-5-9-13(10-11)14(15)12-7-3-2-4-8-12;1-11-7-9-13(10-8-11)14-12-5-3-2-4-6-12;1-7-3-5-9(6-4-7)10-11-8(2)13-12-10;1-7-3-5-9(6-4-7)10-11-8(2)12-13-10;1-3-12-10(11)9-6-4-5-8(2)7-9;1-5-2-3-6(8(10)11)4-7(5)9;1-6-3-4-7(10-2)5-8(6)9;1-6-3-2-4-7(5-6)8(9)10;1-7-5-3-4-6-8(7)9-2;1-5-2-3-6(8)4-7(5)9;1-3(2)4/h2-10H,1H3;3,5,7-10,12H,2,4,6H2,1H3;2*3-6H,1-2H3;4-7H,3H2,1-2H3;2-4H,9H2,1H3,(H,10,11);3-5H,9H2,1-2H3;2-5H,1H3,(H2,9,10);3-6H,1-2H3;2-4H,9H2,1H3;1-2H3. The van der Waals surface area contributed by atoms with Gasteiger partial charge in [0, 0.05) is 62.9 Å². The van der Waals surface area contributed by atoms with E-state index in [4.69, 9.17) is 67.6 Å². The molecular weight excluding hydrogens is 1530 g/mol. The van der Waals surface area contributed by atoms with Crippen molar-refractivity contribution in [1.82, 2.24) is 20.3 Å². The number of aromatic nitrogens is 4. The largest absolute Gasteiger partial charge is 0.497 e. The van der Waals surface area contributed by atoms with Crippen molar-refractivity contribution in [1.29, 1.82) is 0 Å². The number of aromatic carboxylic acids is 1.